The first-order valence-electron chi connectivity index (χ1n) is 6.95. The fraction of sp³-hybridized carbons (Fsp3) is 0.200. The Morgan fingerprint density at radius 2 is 2.09 bits per heavy atom. The van der Waals surface area contributed by atoms with Gasteiger partial charge in [0.2, 0.25) is 10.0 Å². The van der Waals surface area contributed by atoms with Crippen LogP contribution in [-0.2, 0) is 16.4 Å². The molecule has 1 N–H and O–H groups in total. The van der Waals surface area contributed by atoms with Crippen LogP contribution in [0.1, 0.15) is 5.56 Å². The molecule has 0 spiro atoms. The number of allylic oxidation sites excluding steroid dienone is 1. The molecule has 1 aliphatic carbocycles. The molecule has 1 unspecified atom stereocenters. The van der Waals surface area contributed by atoms with Crippen LogP contribution < -0.4 is 9.62 Å². The summed E-state index contributed by atoms with van der Waals surface area (Å²) in [6.45, 7) is 0.447. The summed E-state index contributed by atoms with van der Waals surface area (Å²) < 4.78 is 27.2. The second kappa shape index (κ2) is 4.54. The van der Waals surface area contributed by atoms with E-state index in [2.05, 4.69) is 10.3 Å². The summed E-state index contributed by atoms with van der Waals surface area (Å²) in [6, 6.07) is 7.06. The maximum atomic E-state index is 12.9. The molecule has 3 aliphatic rings. The number of para-hydroxylation sites is 1. The van der Waals surface area contributed by atoms with Crippen molar-refractivity contribution in [2.75, 3.05) is 10.8 Å². The molecule has 0 fully saturated rings. The van der Waals surface area contributed by atoms with Crippen LogP contribution in [0.2, 0.25) is 0 Å². The van der Waals surface area contributed by atoms with Crippen molar-refractivity contribution in [1.29, 1.82) is 0 Å². The summed E-state index contributed by atoms with van der Waals surface area (Å²) in [5.41, 5.74) is 2.73. The Bertz CT molecular complexity index is 868. The van der Waals surface area contributed by atoms with Crippen molar-refractivity contribution in [2.45, 2.75) is 11.7 Å². The molecule has 1 aromatic rings. The maximum absolute atomic E-state index is 12.9. The summed E-state index contributed by atoms with van der Waals surface area (Å²) in [4.78, 5) is 15.0. The van der Waals surface area contributed by atoms with Crippen molar-refractivity contribution in [3.63, 3.8) is 0 Å². The van der Waals surface area contributed by atoms with E-state index in [9.17, 15) is 13.2 Å². The quantitative estimate of drug-likeness (QED) is 0.895. The van der Waals surface area contributed by atoms with Gasteiger partial charge in [0.05, 0.1) is 17.1 Å². The number of amides is 2. The average molecular weight is 315 g/mol. The van der Waals surface area contributed by atoms with E-state index in [1.165, 1.54) is 4.31 Å². The molecule has 0 saturated carbocycles. The van der Waals surface area contributed by atoms with Gasteiger partial charge in [-0.3, -0.25) is 4.31 Å². The largest absolute Gasteiger partial charge is 0.346 e. The summed E-state index contributed by atoms with van der Waals surface area (Å²) in [6.07, 6.45) is 5.40. The number of benzene rings is 1. The minimum atomic E-state index is -3.57. The first-order chi connectivity index (χ1) is 10.6. The number of urea groups is 1. The molecule has 2 heterocycles. The first-order valence-corrected chi connectivity index (χ1v) is 8.45. The molecule has 0 radical (unpaired) electrons. The Kier molecular flexibility index (Phi) is 2.74. The molecule has 6 nitrogen and oxygen atoms in total. The molecular weight excluding hydrogens is 302 g/mol. The predicted molar refractivity (Wildman–Crippen MR) is 83.4 cm³/mol. The van der Waals surface area contributed by atoms with Crippen molar-refractivity contribution in [2.24, 2.45) is 4.99 Å². The lowest BCUT2D eigenvalue weighted by molar-refractivity contribution is 0.253. The van der Waals surface area contributed by atoms with Crippen LogP contribution in [0.4, 0.5) is 10.5 Å². The number of anilines is 1. The minimum absolute atomic E-state index is 0.447. The van der Waals surface area contributed by atoms with Gasteiger partial charge in [0.25, 0.3) is 0 Å². The predicted octanol–water partition coefficient (Wildman–Crippen LogP) is 1.37. The van der Waals surface area contributed by atoms with E-state index in [-0.39, 0.29) is 0 Å². The highest BCUT2D eigenvalue weighted by atomic mass is 32.2. The molecule has 1 aromatic carbocycles. The van der Waals surface area contributed by atoms with Crippen LogP contribution >= 0.6 is 0 Å². The van der Waals surface area contributed by atoms with Crippen LogP contribution in [0.5, 0.6) is 0 Å². The van der Waals surface area contributed by atoms with Crippen molar-refractivity contribution < 1.29 is 13.2 Å². The van der Waals surface area contributed by atoms with Crippen LogP contribution in [-0.4, -0.2) is 32.0 Å². The van der Waals surface area contributed by atoms with Gasteiger partial charge in [-0.15, -0.1) is 0 Å². The van der Waals surface area contributed by atoms with E-state index in [0.29, 0.717) is 24.4 Å². The third kappa shape index (κ3) is 1.89. The third-order valence-electron chi connectivity index (χ3n) is 4.01. The summed E-state index contributed by atoms with van der Waals surface area (Å²) in [5, 5.41) is 1.75. The Labute approximate surface area is 127 Å². The highest BCUT2D eigenvalue weighted by molar-refractivity contribution is 7.93. The number of rotatable bonds is 2. The molecule has 112 valence electrons. The van der Waals surface area contributed by atoms with Crippen molar-refractivity contribution in [1.82, 2.24) is 5.32 Å². The number of carbonyl (C=O) groups is 1. The van der Waals surface area contributed by atoms with E-state index in [0.717, 1.165) is 11.3 Å². The Morgan fingerprint density at radius 1 is 1.27 bits per heavy atom. The number of aliphatic imine (C=N–C) groups is 1. The molecule has 7 heteroatoms. The molecular formula is C15H13N3O3S. The van der Waals surface area contributed by atoms with Gasteiger partial charge in [-0.2, -0.15) is 4.99 Å². The standard InChI is InChI=1S/C15H13N3O3S/c19-15-16-12-6-5-11(9-13(12)17-15)22(20,21)18-8-7-10-3-1-2-4-14(10)18/h1-6,9,11H,7-8H2,(H,17,19). The van der Waals surface area contributed by atoms with Crippen LogP contribution in [0, 0.1) is 0 Å². The fourth-order valence-corrected chi connectivity index (χ4v) is 4.62. The smallest absolute Gasteiger partial charge is 0.304 e. The molecule has 4 rings (SSSR count). The molecule has 22 heavy (non-hydrogen) atoms. The summed E-state index contributed by atoms with van der Waals surface area (Å²) in [7, 11) is -3.57. The van der Waals surface area contributed by atoms with E-state index < -0.39 is 21.3 Å². The van der Waals surface area contributed by atoms with E-state index in [1.807, 2.05) is 24.3 Å². The average Bonchev–Trinajstić information content (AvgIpc) is 3.08. The monoisotopic (exact) mass is 315 g/mol. The number of sulfonamides is 1. The van der Waals surface area contributed by atoms with E-state index in [4.69, 9.17) is 0 Å². The number of fused-ring (bicyclic) bond motifs is 2. The number of nitrogens with zero attached hydrogens (tertiary/aromatic N) is 2. The van der Waals surface area contributed by atoms with Crippen molar-refractivity contribution >= 4 is 27.5 Å². The second-order valence-electron chi connectivity index (χ2n) is 5.33. The Morgan fingerprint density at radius 3 is 2.95 bits per heavy atom. The van der Waals surface area contributed by atoms with Gasteiger partial charge in [0.15, 0.2) is 0 Å². The SMILES string of the molecule is O=C1N=C2C=CC(S(=O)(=O)N3CCc4ccccc43)C=C2N1. The summed E-state index contributed by atoms with van der Waals surface area (Å²) in [5.74, 6) is 0. The Hall–Kier alpha value is -2.41. The highest BCUT2D eigenvalue weighted by Gasteiger charge is 2.36. The Balaban J connectivity index is 1.71. The van der Waals surface area contributed by atoms with Gasteiger partial charge in [-0.05, 0) is 30.2 Å². The molecule has 0 aromatic heterocycles. The van der Waals surface area contributed by atoms with Gasteiger partial charge in [0, 0.05) is 6.54 Å². The van der Waals surface area contributed by atoms with Gasteiger partial charge < -0.3 is 5.32 Å². The number of hydrogen-bond acceptors (Lipinski definition) is 3. The van der Waals surface area contributed by atoms with E-state index >= 15 is 0 Å². The molecule has 0 bridgehead atoms. The minimum Gasteiger partial charge on any atom is -0.304 e. The fourth-order valence-electron chi connectivity index (χ4n) is 2.94. The van der Waals surface area contributed by atoms with Crippen molar-refractivity contribution in [3.05, 3.63) is 53.8 Å². The number of carbonyl (C=O) groups excluding carboxylic acids is 1. The van der Waals surface area contributed by atoms with Crippen LogP contribution in [0.3, 0.4) is 0 Å². The maximum Gasteiger partial charge on any atom is 0.346 e. The number of nitrogens with one attached hydrogen (secondary N) is 1. The molecule has 0 saturated heterocycles. The van der Waals surface area contributed by atoms with Crippen molar-refractivity contribution in [3.8, 4) is 0 Å². The highest BCUT2D eigenvalue weighted by Crippen LogP contribution is 2.32. The normalized spacial score (nSPS) is 22.8. The van der Waals surface area contributed by atoms with Crippen LogP contribution in [0.15, 0.2) is 53.2 Å². The van der Waals surface area contributed by atoms with Gasteiger partial charge in [0.1, 0.15) is 5.25 Å². The molecule has 2 amide bonds. The van der Waals surface area contributed by atoms with Gasteiger partial charge in [-0.1, -0.05) is 24.3 Å². The topological polar surface area (TPSA) is 78.8 Å². The zero-order valence-electron chi connectivity index (χ0n) is 11.6. The molecule has 2 aliphatic heterocycles. The zero-order chi connectivity index (χ0) is 15.3. The summed E-state index contributed by atoms with van der Waals surface area (Å²) >= 11 is 0. The number of hydrogen-bond donors (Lipinski definition) is 1. The molecule has 1 atom stereocenters. The lowest BCUT2D eigenvalue weighted by Gasteiger charge is -2.24. The first kappa shape index (κ1) is 13.3. The zero-order valence-corrected chi connectivity index (χ0v) is 12.4. The van der Waals surface area contributed by atoms with Crippen LogP contribution in [0.25, 0.3) is 0 Å². The lowest BCUT2D eigenvalue weighted by atomic mass is 10.1. The second-order valence-corrected chi connectivity index (χ2v) is 7.34. The van der Waals surface area contributed by atoms with Gasteiger partial charge >= 0.3 is 6.03 Å². The third-order valence-corrected chi connectivity index (χ3v) is 5.98. The van der Waals surface area contributed by atoms with E-state index in [1.54, 1.807) is 18.2 Å². The van der Waals surface area contributed by atoms with Gasteiger partial charge in [-0.25, -0.2) is 13.2 Å². The lowest BCUT2D eigenvalue weighted by Crippen LogP contribution is -2.37.